The molecule has 3 nitrogen and oxygen atoms in total. The molecule has 2 aliphatic rings. The van der Waals surface area contributed by atoms with Gasteiger partial charge in [-0.3, -0.25) is 0 Å². The molecule has 2 aliphatic heterocycles. The summed E-state index contributed by atoms with van der Waals surface area (Å²) in [5, 5.41) is 5.16. The van der Waals surface area contributed by atoms with E-state index in [1.54, 1.807) is 0 Å². The number of nitrogens with zero attached hydrogens (tertiary/aromatic N) is 3. The number of anilines is 6. The molecule has 5 heteroatoms. The van der Waals surface area contributed by atoms with Gasteiger partial charge < -0.3 is 14.4 Å². The highest BCUT2D eigenvalue weighted by atomic mass is 32.1. The highest BCUT2D eigenvalue weighted by Crippen LogP contribution is 2.54. The Morgan fingerprint density at radius 1 is 0.388 bits per heavy atom. The molecule has 0 atom stereocenters. The molecule has 85 heavy (non-hydrogen) atoms. The van der Waals surface area contributed by atoms with Crippen molar-refractivity contribution in [2.45, 2.75) is 52.4 Å². The summed E-state index contributed by atoms with van der Waals surface area (Å²) in [6.45, 7) is 9.37. The van der Waals surface area contributed by atoms with Crippen LogP contribution in [0.5, 0.6) is 0 Å². The molecule has 0 bridgehead atoms. The molecular formula is C80H62BN3S. The molecule has 0 saturated carbocycles. The van der Waals surface area contributed by atoms with E-state index in [1.165, 1.54) is 126 Å². The lowest BCUT2D eigenvalue weighted by molar-refractivity contribution is 0.590. The first-order valence-corrected chi connectivity index (χ1v) is 31.0. The minimum atomic E-state index is -0.233. The Balaban J connectivity index is 1.08. The topological polar surface area (TPSA) is 11.4 Å². The van der Waals surface area contributed by atoms with Gasteiger partial charge in [-0.15, -0.1) is 11.3 Å². The van der Waals surface area contributed by atoms with Crippen molar-refractivity contribution in [2.75, 3.05) is 9.80 Å². The Morgan fingerprint density at radius 3 is 1.55 bits per heavy atom. The molecule has 0 N–H and O–H groups in total. The van der Waals surface area contributed by atoms with Gasteiger partial charge in [0.1, 0.15) is 0 Å². The zero-order chi connectivity index (χ0) is 56.9. The lowest BCUT2D eigenvalue weighted by Gasteiger charge is -2.46. The molecule has 0 aliphatic carbocycles. The van der Waals surface area contributed by atoms with E-state index in [4.69, 9.17) is 0 Å². The van der Waals surface area contributed by atoms with Gasteiger partial charge in [-0.25, -0.2) is 0 Å². The van der Waals surface area contributed by atoms with Gasteiger partial charge in [0.15, 0.2) is 0 Å². The van der Waals surface area contributed by atoms with E-state index in [9.17, 15) is 0 Å². The smallest absolute Gasteiger partial charge is 0.252 e. The van der Waals surface area contributed by atoms with Crippen molar-refractivity contribution in [2.24, 2.45) is 0 Å². The highest BCUT2D eigenvalue weighted by molar-refractivity contribution is 7.25. The number of thiophene rings is 1. The van der Waals surface area contributed by atoms with Gasteiger partial charge in [-0.05, 0) is 152 Å². The first-order chi connectivity index (χ1) is 41.8. The van der Waals surface area contributed by atoms with E-state index in [1.807, 2.05) is 11.3 Å². The highest BCUT2D eigenvalue weighted by Gasteiger charge is 2.46. The molecule has 12 aromatic carbocycles. The summed E-state index contributed by atoms with van der Waals surface area (Å²) in [4.78, 5) is 5.42. The van der Waals surface area contributed by atoms with E-state index < -0.39 is 0 Å². The van der Waals surface area contributed by atoms with E-state index in [0.29, 0.717) is 0 Å². The predicted molar refractivity (Wildman–Crippen MR) is 367 cm³/mol. The maximum absolute atomic E-state index is 2.72. The number of rotatable bonds is 10. The third-order valence-electron chi connectivity index (χ3n) is 18.1. The Kier molecular flexibility index (Phi) is 12.2. The molecule has 0 amide bonds. The molecule has 4 heterocycles. The van der Waals surface area contributed by atoms with Crippen LogP contribution in [0.3, 0.4) is 0 Å². The number of benzene rings is 12. The van der Waals surface area contributed by atoms with Crippen LogP contribution >= 0.6 is 11.3 Å². The maximum Gasteiger partial charge on any atom is 0.252 e. The van der Waals surface area contributed by atoms with Crippen LogP contribution in [-0.4, -0.2) is 11.3 Å². The molecule has 2 aromatic heterocycles. The van der Waals surface area contributed by atoms with Crippen molar-refractivity contribution in [1.29, 1.82) is 0 Å². The third-order valence-corrected chi connectivity index (χ3v) is 19.2. The summed E-state index contributed by atoms with van der Waals surface area (Å²) in [7, 11) is 0. The number of aryl methyl sites for hydroxylation is 1. The Labute approximate surface area is 502 Å². The van der Waals surface area contributed by atoms with Gasteiger partial charge >= 0.3 is 0 Å². The average Bonchev–Trinajstić information content (AvgIpc) is 1.43. The van der Waals surface area contributed by atoms with Crippen molar-refractivity contribution in [3.63, 3.8) is 0 Å². The Hall–Kier alpha value is -9.68. The fourth-order valence-corrected chi connectivity index (χ4v) is 15.1. The van der Waals surface area contributed by atoms with Gasteiger partial charge in [0, 0.05) is 70.5 Å². The predicted octanol–water partition coefficient (Wildman–Crippen LogP) is 20.5. The van der Waals surface area contributed by atoms with E-state index in [-0.39, 0.29) is 12.1 Å². The summed E-state index contributed by atoms with van der Waals surface area (Å²) in [6, 6.07) is 101. The second kappa shape index (κ2) is 20.3. The maximum atomic E-state index is 2.72. The van der Waals surface area contributed by atoms with Gasteiger partial charge in [0.25, 0.3) is 6.71 Å². The number of para-hydroxylation sites is 2. The zero-order valence-electron chi connectivity index (χ0n) is 48.4. The van der Waals surface area contributed by atoms with E-state index in [2.05, 4.69) is 309 Å². The largest absolute Gasteiger partial charge is 0.311 e. The first kappa shape index (κ1) is 51.0. The van der Waals surface area contributed by atoms with Crippen LogP contribution in [0.25, 0.3) is 92.2 Å². The second-order valence-corrected chi connectivity index (χ2v) is 25.3. The fourth-order valence-electron chi connectivity index (χ4n) is 14.0. The van der Waals surface area contributed by atoms with Crippen LogP contribution in [0.1, 0.15) is 51.7 Å². The van der Waals surface area contributed by atoms with Crippen LogP contribution in [-0.2, 0) is 11.8 Å². The number of hydrogen-bond donors (Lipinski definition) is 0. The molecule has 16 rings (SSSR count). The van der Waals surface area contributed by atoms with Crippen LogP contribution in [0.2, 0.25) is 0 Å². The minimum absolute atomic E-state index is 0.136. The standard InChI is InChI=1S/C80H62BN3S/c1-5-6-25-57-44-66-63-36-21-24-39-76(63)85-77(66)51-72(57)83-71-43-40-56(52-26-11-7-12-27-52)47-68(71)81-67-42-41-60(82-69-37-22-19-34-61(69)62-35-20-23-38-70(62)82)50-73(67)84(75-49-59(80(2,3)4)48-74(83)78(75)81)79-64(54-30-15-9-16-31-54)45-58(53-28-13-8-14-29-53)46-65(79)55-32-17-10-18-33-55/h7-24,26-51H,5-6,25H2,1-4H3. The quantitative estimate of drug-likeness (QED) is 0.126. The summed E-state index contributed by atoms with van der Waals surface area (Å²) < 4.78 is 5.13. The van der Waals surface area contributed by atoms with Crippen molar-refractivity contribution < 1.29 is 0 Å². The number of unbranched alkanes of at least 4 members (excludes halogenated alkanes) is 1. The lowest BCUT2D eigenvalue weighted by Crippen LogP contribution is -2.61. The second-order valence-electron chi connectivity index (χ2n) is 24.2. The van der Waals surface area contributed by atoms with Crippen molar-refractivity contribution >= 4 is 111 Å². The Morgan fingerprint density at radius 2 is 0.941 bits per heavy atom. The van der Waals surface area contributed by atoms with Crippen LogP contribution in [0, 0.1) is 0 Å². The van der Waals surface area contributed by atoms with Crippen molar-refractivity contribution in [1.82, 2.24) is 4.57 Å². The van der Waals surface area contributed by atoms with Crippen LogP contribution < -0.4 is 26.2 Å². The molecule has 0 radical (unpaired) electrons. The molecule has 406 valence electrons. The zero-order valence-corrected chi connectivity index (χ0v) is 49.2. The van der Waals surface area contributed by atoms with Crippen LogP contribution in [0.15, 0.2) is 267 Å². The van der Waals surface area contributed by atoms with Crippen molar-refractivity contribution in [3.8, 4) is 50.2 Å². The third kappa shape index (κ3) is 8.39. The number of hydrogen-bond acceptors (Lipinski definition) is 3. The fraction of sp³-hybridized carbons (Fsp3) is 0.100. The van der Waals surface area contributed by atoms with Gasteiger partial charge in [-0.1, -0.05) is 228 Å². The Bertz CT molecular complexity index is 4810. The summed E-state index contributed by atoms with van der Waals surface area (Å²) in [6.07, 6.45) is 3.17. The SMILES string of the molecule is CCCCc1cc2c(cc1N1c3ccc(-c4ccccc4)cc3B3c4ccc(-n5c6ccccc6c6ccccc65)cc4N(c4c(-c5ccccc5)cc(-c5ccccc5)cc4-c4ccccc4)c4cc(C(C)(C)C)cc1c43)sc1ccccc12. The average molecular weight is 1110 g/mol. The van der Waals surface area contributed by atoms with Crippen molar-refractivity contribution in [3.05, 3.63) is 278 Å². The molecule has 0 spiro atoms. The van der Waals surface area contributed by atoms with Gasteiger partial charge in [0.2, 0.25) is 0 Å². The molecule has 0 saturated heterocycles. The normalized spacial score (nSPS) is 12.8. The summed E-state index contributed by atoms with van der Waals surface area (Å²) >= 11 is 1.91. The van der Waals surface area contributed by atoms with E-state index >= 15 is 0 Å². The molecule has 0 unspecified atom stereocenters. The molecule has 0 fully saturated rings. The lowest BCUT2D eigenvalue weighted by atomic mass is 9.33. The van der Waals surface area contributed by atoms with Gasteiger partial charge in [-0.2, -0.15) is 0 Å². The van der Waals surface area contributed by atoms with Crippen LogP contribution in [0.4, 0.5) is 34.1 Å². The van der Waals surface area contributed by atoms with Gasteiger partial charge in [0.05, 0.1) is 22.4 Å². The summed E-state index contributed by atoms with van der Waals surface area (Å²) in [5.41, 5.74) is 26.4. The molecular weight excluding hydrogens is 1050 g/mol. The van der Waals surface area contributed by atoms with E-state index in [0.717, 1.165) is 47.5 Å². The number of fused-ring (bicyclic) bond motifs is 10. The number of aromatic nitrogens is 1. The first-order valence-electron chi connectivity index (χ1n) is 30.2. The molecule has 14 aromatic rings. The monoisotopic (exact) mass is 1110 g/mol. The minimum Gasteiger partial charge on any atom is -0.311 e. The summed E-state index contributed by atoms with van der Waals surface area (Å²) in [5.74, 6) is 0.